The van der Waals surface area contributed by atoms with E-state index in [1.54, 1.807) is 14.2 Å². The van der Waals surface area contributed by atoms with Crippen LogP contribution in [0.2, 0.25) is 0 Å². The van der Waals surface area contributed by atoms with Crippen LogP contribution in [0.1, 0.15) is 51.3 Å². The van der Waals surface area contributed by atoms with Crippen molar-refractivity contribution < 1.29 is 9.47 Å². The summed E-state index contributed by atoms with van der Waals surface area (Å²) < 4.78 is 12.9. The average molecular weight is 429 g/mol. The highest BCUT2D eigenvalue weighted by atomic mass is 16.5. The molecule has 31 heavy (non-hydrogen) atoms. The van der Waals surface area contributed by atoms with E-state index in [2.05, 4.69) is 54.5 Å². The minimum Gasteiger partial charge on any atom is -0.493 e. The molecule has 0 bridgehead atoms. The van der Waals surface area contributed by atoms with Crippen LogP contribution in [0.3, 0.4) is 0 Å². The molecule has 0 amide bonds. The second-order valence-corrected chi connectivity index (χ2v) is 8.51. The van der Waals surface area contributed by atoms with Crippen molar-refractivity contribution >= 4 is 5.96 Å². The number of hydrogen-bond acceptors (Lipinski definition) is 5. The fourth-order valence-electron chi connectivity index (χ4n) is 3.77. The summed E-state index contributed by atoms with van der Waals surface area (Å²) in [5, 5.41) is 11.6. The van der Waals surface area contributed by atoms with E-state index in [0.29, 0.717) is 6.54 Å². The number of rotatable bonds is 8. The van der Waals surface area contributed by atoms with Crippen LogP contribution in [0.4, 0.5) is 0 Å². The Hall–Kier alpha value is -2.77. The van der Waals surface area contributed by atoms with Crippen LogP contribution in [0.15, 0.2) is 23.2 Å². The number of nitrogens with one attached hydrogen (secondary N) is 2. The molecule has 2 aromatic rings. The number of ether oxygens (including phenoxy) is 2. The Kier molecular flexibility index (Phi) is 7.41. The van der Waals surface area contributed by atoms with Crippen LogP contribution in [0.5, 0.6) is 11.5 Å². The van der Waals surface area contributed by atoms with Crippen LogP contribution >= 0.6 is 0 Å². The Morgan fingerprint density at radius 2 is 2.00 bits per heavy atom. The summed E-state index contributed by atoms with van der Waals surface area (Å²) in [6.45, 7) is 10.8. The van der Waals surface area contributed by atoms with E-state index < -0.39 is 0 Å². The Morgan fingerprint density at radius 3 is 2.68 bits per heavy atom. The summed E-state index contributed by atoms with van der Waals surface area (Å²) in [5.74, 6) is 4.32. The lowest BCUT2D eigenvalue weighted by atomic mass is 9.84. The number of aliphatic imine (C=N–C) groups is 1. The number of fused-ring (bicyclic) bond motifs is 1. The van der Waals surface area contributed by atoms with Crippen molar-refractivity contribution in [2.75, 3.05) is 27.3 Å². The fraction of sp³-hybridized carbons (Fsp3) is 0.609. The summed E-state index contributed by atoms with van der Waals surface area (Å²) in [6.07, 6.45) is 2.82. The van der Waals surface area contributed by atoms with Crippen LogP contribution < -0.4 is 20.1 Å². The van der Waals surface area contributed by atoms with Crippen molar-refractivity contribution in [3.8, 4) is 11.5 Å². The lowest BCUT2D eigenvalue weighted by Gasteiger charge is -2.27. The van der Waals surface area contributed by atoms with Gasteiger partial charge in [-0.1, -0.05) is 26.8 Å². The normalized spacial score (nSPS) is 16.6. The van der Waals surface area contributed by atoms with Gasteiger partial charge in [-0.2, -0.15) is 5.10 Å². The van der Waals surface area contributed by atoms with Gasteiger partial charge in [0.15, 0.2) is 23.3 Å². The maximum Gasteiger partial charge on any atom is 0.191 e. The van der Waals surface area contributed by atoms with Gasteiger partial charge < -0.3 is 20.1 Å². The molecule has 1 aromatic heterocycles. The largest absolute Gasteiger partial charge is 0.493 e. The van der Waals surface area contributed by atoms with Crippen LogP contribution in [-0.2, 0) is 24.8 Å². The highest BCUT2D eigenvalue weighted by molar-refractivity contribution is 5.80. The van der Waals surface area contributed by atoms with Gasteiger partial charge in [0.2, 0.25) is 0 Å². The maximum atomic E-state index is 5.48. The van der Waals surface area contributed by atoms with E-state index in [0.717, 1.165) is 67.0 Å². The van der Waals surface area contributed by atoms with Crippen molar-refractivity contribution in [2.45, 2.75) is 65.0 Å². The summed E-state index contributed by atoms with van der Waals surface area (Å²) in [4.78, 5) is 9.51. The molecule has 0 fully saturated rings. The zero-order chi connectivity index (χ0) is 22.4. The van der Waals surface area contributed by atoms with Gasteiger partial charge >= 0.3 is 0 Å². The van der Waals surface area contributed by atoms with Gasteiger partial charge in [-0.3, -0.25) is 4.99 Å². The third-order valence-electron chi connectivity index (χ3n) is 5.70. The van der Waals surface area contributed by atoms with Gasteiger partial charge in [-0.15, -0.1) is 0 Å². The smallest absolute Gasteiger partial charge is 0.191 e. The highest BCUT2D eigenvalue weighted by Gasteiger charge is 2.24. The molecule has 0 spiro atoms. The average Bonchev–Trinajstić information content (AvgIpc) is 3.19. The number of methoxy groups -OCH3 is 2. The monoisotopic (exact) mass is 428 g/mol. The molecule has 0 aliphatic carbocycles. The maximum absolute atomic E-state index is 5.48. The van der Waals surface area contributed by atoms with Crippen molar-refractivity contribution in [3.63, 3.8) is 0 Å². The molecule has 0 saturated heterocycles. The van der Waals surface area contributed by atoms with Crippen LogP contribution in [-0.4, -0.2) is 54.1 Å². The van der Waals surface area contributed by atoms with Gasteiger partial charge in [-0.25, -0.2) is 9.67 Å². The van der Waals surface area contributed by atoms with E-state index >= 15 is 0 Å². The molecule has 1 aliphatic heterocycles. The topological polar surface area (TPSA) is 85.6 Å². The Labute approximate surface area is 185 Å². The van der Waals surface area contributed by atoms with E-state index in [4.69, 9.17) is 14.5 Å². The predicted molar refractivity (Wildman–Crippen MR) is 123 cm³/mol. The van der Waals surface area contributed by atoms with E-state index in [-0.39, 0.29) is 11.5 Å². The van der Waals surface area contributed by atoms with E-state index in [9.17, 15) is 0 Å². The Morgan fingerprint density at radius 1 is 1.23 bits per heavy atom. The third kappa shape index (κ3) is 5.48. The van der Waals surface area contributed by atoms with Gasteiger partial charge in [-0.05, 0) is 31.0 Å². The number of nitrogens with zero attached hydrogens (tertiary/aromatic N) is 4. The number of hydrogen-bond donors (Lipinski definition) is 2. The SMILES string of the molecule is CCNC(=NCC(C)(C)c1ccc(OC)c(OC)c1)NC1CCc2nc(CC)nn2C1. The van der Waals surface area contributed by atoms with Crippen molar-refractivity contribution in [2.24, 2.45) is 4.99 Å². The Bertz CT molecular complexity index is 905. The first kappa shape index (κ1) is 22.9. The number of aromatic nitrogens is 3. The molecule has 1 aliphatic rings. The molecule has 1 atom stereocenters. The number of aryl methyl sites for hydroxylation is 2. The Balaban J connectivity index is 1.70. The minimum atomic E-state index is -0.163. The van der Waals surface area contributed by atoms with Crippen molar-refractivity contribution in [3.05, 3.63) is 35.4 Å². The second kappa shape index (κ2) is 10.0. The zero-order valence-corrected chi connectivity index (χ0v) is 19.7. The highest BCUT2D eigenvalue weighted by Crippen LogP contribution is 2.33. The van der Waals surface area contributed by atoms with Crippen LogP contribution in [0, 0.1) is 0 Å². The third-order valence-corrected chi connectivity index (χ3v) is 5.70. The van der Waals surface area contributed by atoms with Crippen molar-refractivity contribution in [1.82, 2.24) is 25.4 Å². The summed E-state index contributed by atoms with van der Waals surface area (Å²) in [7, 11) is 3.31. The number of benzene rings is 1. The molecule has 2 N–H and O–H groups in total. The molecule has 0 saturated carbocycles. The van der Waals surface area contributed by atoms with Crippen molar-refractivity contribution in [1.29, 1.82) is 0 Å². The van der Waals surface area contributed by atoms with E-state index in [1.165, 1.54) is 0 Å². The van der Waals surface area contributed by atoms with Gasteiger partial charge in [0.25, 0.3) is 0 Å². The number of guanidine groups is 1. The molecule has 1 unspecified atom stereocenters. The quantitative estimate of drug-likeness (QED) is 0.497. The summed E-state index contributed by atoms with van der Waals surface area (Å²) in [5.41, 5.74) is 0.991. The molecule has 170 valence electrons. The molecule has 0 radical (unpaired) electrons. The van der Waals surface area contributed by atoms with Crippen LogP contribution in [0.25, 0.3) is 0 Å². The molecular formula is C23H36N6O2. The molecular weight excluding hydrogens is 392 g/mol. The van der Waals surface area contributed by atoms with Gasteiger partial charge in [0, 0.05) is 30.8 Å². The predicted octanol–water partition coefficient (Wildman–Crippen LogP) is 2.71. The second-order valence-electron chi connectivity index (χ2n) is 8.51. The molecule has 8 nitrogen and oxygen atoms in total. The molecule has 8 heteroatoms. The standard InChI is InChI=1S/C23H36N6O2/c1-7-20-27-21-12-10-17(14-29(21)28-20)26-22(24-8-2)25-15-23(3,4)16-9-11-18(30-5)19(13-16)31-6/h9,11,13,17H,7-8,10,12,14-15H2,1-6H3,(H2,24,25,26). The lowest BCUT2D eigenvalue weighted by Crippen LogP contribution is -2.47. The first-order valence-corrected chi connectivity index (χ1v) is 11.1. The van der Waals surface area contributed by atoms with E-state index in [1.807, 2.05) is 16.8 Å². The summed E-state index contributed by atoms with van der Waals surface area (Å²) in [6, 6.07) is 6.34. The molecule has 2 heterocycles. The summed E-state index contributed by atoms with van der Waals surface area (Å²) >= 11 is 0. The fourth-order valence-corrected chi connectivity index (χ4v) is 3.77. The molecule has 1 aromatic carbocycles. The first-order chi connectivity index (χ1) is 14.9. The zero-order valence-electron chi connectivity index (χ0n) is 19.7. The van der Waals surface area contributed by atoms with Gasteiger partial charge in [0.05, 0.1) is 27.3 Å². The lowest BCUT2D eigenvalue weighted by molar-refractivity contribution is 0.353. The van der Waals surface area contributed by atoms with Gasteiger partial charge in [0.1, 0.15) is 5.82 Å². The molecule has 3 rings (SSSR count). The minimum absolute atomic E-state index is 0.163. The first-order valence-electron chi connectivity index (χ1n) is 11.1.